The molecule has 2 heteroatoms. The molecule has 0 radical (unpaired) electrons. The summed E-state index contributed by atoms with van der Waals surface area (Å²) in [5.74, 6) is 5.81. The van der Waals surface area contributed by atoms with Gasteiger partial charge in [0.1, 0.15) is 0 Å². The first-order valence-corrected chi connectivity index (χ1v) is 7.10. The van der Waals surface area contributed by atoms with Gasteiger partial charge < -0.3 is 0 Å². The fourth-order valence-corrected chi connectivity index (χ4v) is 2.63. The molecule has 106 valence electrons. The molecule has 2 nitrogen and oxygen atoms in total. The zero-order chi connectivity index (χ0) is 14.7. The lowest BCUT2D eigenvalue weighted by Gasteiger charge is -2.20. The molecule has 20 heavy (non-hydrogen) atoms. The van der Waals surface area contributed by atoms with Gasteiger partial charge in [0.15, 0.2) is 0 Å². The average molecular weight is 268 g/mol. The fourth-order valence-electron chi connectivity index (χ4n) is 2.63. The smallest absolute Gasteiger partial charge is 0.0503 e. The van der Waals surface area contributed by atoms with Crippen LogP contribution >= 0.6 is 0 Å². The first-order chi connectivity index (χ1) is 9.51. The molecule has 3 N–H and O–H groups in total. The summed E-state index contributed by atoms with van der Waals surface area (Å²) >= 11 is 0. The summed E-state index contributed by atoms with van der Waals surface area (Å²) in [4.78, 5) is 0. The maximum Gasteiger partial charge on any atom is 0.0503 e. The van der Waals surface area contributed by atoms with Crippen LogP contribution in [0.25, 0.3) is 0 Å². The first kappa shape index (κ1) is 14.8. The van der Waals surface area contributed by atoms with E-state index >= 15 is 0 Å². The minimum atomic E-state index is 0.149. The highest BCUT2D eigenvalue weighted by molar-refractivity contribution is 5.36. The molecule has 0 spiro atoms. The molecule has 0 aromatic heterocycles. The highest BCUT2D eigenvalue weighted by atomic mass is 15.2. The molecule has 0 fully saturated rings. The quantitative estimate of drug-likeness (QED) is 0.656. The average Bonchev–Trinajstić information content (AvgIpc) is 2.42. The molecule has 0 saturated carbocycles. The van der Waals surface area contributed by atoms with Crippen molar-refractivity contribution in [2.75, 3.05) is 0 Å². The normalized spacial score (nSPS) is 12.4. The van der Waals surface area contributed by atoms with Gasteiger partial charge in [0.2, 0.25) is 0 Å². The van der Waals surface area contributed by atoms with Crippen molar-refractivity contribution in [3.63, 3.8) is 0 Å². The van der Waals surface area contributed by atoms with E-state index < -0.39 is 0 Å². The number of rotatable bonds is 4. The predicted molar refractivity (Wildman–Crippen MR) is 85.6 cm³/mol. The van der Waals surface area contributed by atoms with E-state index in [0.717, 1.165) is 6.42 Å². The van der Waals surface area contributed by atoms with E-state index in [4.69, 9.17) is 5.84 Å². The molecular formula is C18H24N2. The molecule has 0 aliphatic heterocycles. The molecular weight excluding hydrogens is 244 g/mol. The molecule has 0 amide bonds. The van der Waals surface area contributed by atoms with E-state index in [1.165, 1.54) is 33.4 Å². The van der Waals surface area contributed by atoms with Crippen molar-refractivity contribution in [1.29, 1.82) is 0 Å². The summed E-state index contributed by atoms with van der Waals surface area (Å²) in [5.41, 5.74) is 10.8. The van der Waals surface area contributed by atoms with Crippen molar-refractivity contribution in [1.82, 2.24) is 5.43 Å². The van der Waals surface area contributed by atoms with E-state index in [2.05, 4.69) is 69.5 Å². The Balaban J connectivity index is 2.33. The molecule has 0 aliphatic rings. The Labute approximate surface area is 122 Å². The number of nitrogens with one attached hydrogen (secondary N) is 1. The number of aryl methyl sites for hydroxylation is 4. The van der Waals surface area contributed by atoms with E-state index in [1.807, 2.05) is 0 Å². The minimum absolute atomic E-state index is 0.149. The van der Waals surface area contributed by atoms with Crippen molar-refractivity contribution in [2.45, 2.75) is 40.2 Å². The van der Waals surface area contributed by atoms with Crippen molar-refractivity contribution in [2.24, 2.45) is 5.84 Å². The van der Waals surface area contributed by atoms with Crippen molar-refractivity contribution in [3.8, 4) is 0 Å². The molecule has 1 atom stereocenters. The highest BCUT2D eigenvalue weighted by Gasteiger charge is 2.14. The number of hydrogen-bond acceptors (Lipinski definition) is 2. The Kier molecular flexibility index (Phi) is 4.58. The van der Waals surface area contributed by atoms with E-state index in [-0.39, 0.29) is 6.04 Å². The fraction of sp³-hybridized carbons (Fsp3) is 0.333. The van der Waals surface area contributed by atoms with Crippen molar-refractivity contribution >= 4 is 0 Å². The third-order valence-electron chi connectivity index (χ3n) is 3.94. The van der Waals surface area contributed by atoms with Crippen LogP contribution in [0.3, 0.4) is 0 Å². The lowest BCUT2D eigenvalue weighted by atomic mass is 9.92. The summed E-state index contributed by atoms with van der Waals surface area (Å²) in [5, 5.41) is 0. The van der Waals surface area contributed by atoms with Gasteiger partial charge in [-0.15, -0.1) is 0 Å². The number of nitrogens with two attached hydrogens (primary N) is 1. The largest absolute Gasteiger partial charge is 0.271 e. The Morgan fingerprint density at radius 2 is 1.50 bits per heavy atom. The zero-order valence-corrected chi connectivity index (χ0v) is 12.8. The second-order valence-corrected chi connectivity index (χ2v) is 5.71. The van der Waals surface area contributed by atoms with Gasteiger partial charge in [-0.05, 0) is 56.4 Å². The maximum atomic E-state index is 5.81. The van der Waals surface area contributed by atoms with E-state index in [0.29, 0.717) is 0 Å². The van der Waals surface area contributed by atoms with Gasteiger partial charge in [-0.2, -0.15) is 0 Å². The molecule has 0 saturated heterocycles. The van der Waals surface area contributed by atoms with Gasteiger partial charge in [-0.25, -0.2) is 0 Å². The van der Waals surface area contributed by atoms with Crippen LogP contribution in [0.5, 0.6) is 0 Å². The minimum Gasteiger partial charge on any atom is -0.271 e. The van der Waals surface area contributed by atoms with Crippen LogP contribution in [0, 0.1) is 27.7 Å². The van der Waals surface area contributed by atoms with E-state index in [1.54, 1.807) is 0 Å². The van der Waals surface area contributed by atoms with Gasteiger partial charge in [0, 0.05) is 0 Å². The number of hydrazine groups is 1. The van der Waals surface area contributed by atoms with Gasteiger partial charge >= 0.3 is 0 Å². The number of benzene rings is 2. The van der Waals surface area contributed by atoms with Crippen LogP contribution < -0.4 is 11.3 Å². The van der Waals surface area contributed by atoms with Crippen LogP contribution in [-0.2, 0) is 6.42 Å². The second-order valence-electron chi connectivity index (χ2n) is 5.71. The van der Waals surface area contributed by atoms with Gasteiger partial charge in [-0.3, -0.25) is 11.3 Å². The Morgan fingerprint density at radius 3 is 2.15 bits per heavy atom. The lowest BCUT2D eigenvalue weighted by molar-refractivity contribution is 0.548. The Bertz CT molecular complexity index is 602. The Hall–Kier alpha value is -1.64. The molecule has 0 bridgehead atoms. The second kappa shape index (κ2) is 6.21. The standard InChI is InChI=1S/C18H24N2/c1-12-5-7-14(3)16(9-12)11-18(20-19)17-10-13(2)6-8-15(17)4/h5-10,18,20H,11,19H2,1-4H3. The molecule has 1 unspecified atom stereocenters. The molecule has 2 aromatic rings. The molecule has 2 aromatic carbocycles. The summed E-state index contributed by atoms with van der Waals surface area (Å²) in [6, 6.07) is 13.3. The van der Waals surface area contributed by atoms with Crippen LogP contribution in [0.2, 0.25) is 0 Å². The van der Waals surface area contributed by atoms with Crippen molar-refractivity contribution in [3.05, 3.63) is 69.8 Å². The summed E-state index contributed by atoms with van der Waals surface area (Å²) in [7, 11) is 0. The van der Waals surface area contributed by atoms with E-state index in [9.17, 15) is 0 Å². The van der Waals surface area contributed by atoms with Gasteiger partial charge in [0.05, 0.1) is 6.04 Å². The highest BCUT2D eigenvalue weighted by Crippen LogP contribution is 2.24. The molecule has 0 heterocycles. The van der Waals surface area contributed by atoms with Crippen LogP contribution in [-0.4, -0.2) is 0 Å². The predicted octanol–water partition coefficient (Wildman–Crippen LogP) is 3.67. The van der Waals surface area contributed by atoms with Crippen LogP contribution in [0.15, 0.2) is 36.4 Å². The summed E-state index contributed by atoms with van der Waals surface area (Å²) in [6.45, 7) is 8.55. The van der Waals surface area contributed by atoms with Crippen molar-refractivity contribution < 1.29 is 0 Å². The Morgan fingerprint density at radius 1 is 0.900 bits per heavy atom. The monoisotopic (exact) mass is 268 g/mol. The maximum absolute atomic E-state index is 5.81. The van der Waals surface area contributed by atoms with Gasteiger partial charge in [0.25, 0.3) is 0 Å². The third kappa shape index (κ3) is 3.27. The zero-order valence-electron chi connectivity index (χ0n) is 12.8. The SMILES string of the molecule is Cc1ccc(C)c(CC(NN)c2cc(C)ccc2C)c1. The lowest BCUT2D eigenvalue weighted by Crippen LogP contribution is -2.30. The molecule has 2 rings (SSSR count). The van der Waals surface area contributed by atoms with Crippen LogP contribution in [0.4, 0.5) is 0 Å². The third-order valence-corrected chi connectivity index (χ3v) is 3.94. The number of hydrogen-bond donors (Lipinski definition) is 2. The van der Waals surface area contributed by atoms with Crippen LogP contribution in [0.1, 0.15) is 39.4 Å². The van der Waals surface area contributed by atoms with Gasteiger partial charge in [-0.1, -0.05) is 47.5 Å². The summed E-state index contributed by atoms with van der Waals surface area (Å²) < 4.78 is 0. The first-order valence-electron chi connectivity index (χ1n) is 7.10. The topological polar surface area (TPSA) is 38.0 Å². The summed E-state index contributed by atoms with van der Waals surface area (Å²) in [6.07, 6.45) is 0.911. The molecule has 0 aliphatic carbocycles.